The van der Waals surface area contributed by atoms with Crippen LogP contribution in [0.2, 0.25) is 5.02 Å². The van der Waals surface area contributed by atoms with Crippen LogP contribution < -0.4 is 4.90 Å². The molecule has 0 radical (unpaired) electrons. The number of carbonyl (C=O) groups excluding carboxylic acids is 1. The molecule has 1 amide bonds. The first-order chi connectivity index (χ1) is 14.6. The van der Waals surface area contributed by atoms with Crippen LogP contribution in [-0.4, -0.2) is 61.4 Å². The molecule has 0 saturated carbocycles. The van der Waals surface area contributed by atoms with Crippen molar-refractivity contribution in [3.63, 3.8) is 0 Å². The van der Waals surface area contributed by atoms with Crippen molar-refractivity contribution in [2.24, 2.45) is 0 Å². The molecule has 1 aliphatic heterocycles. The summed E-state index contributed by atoms with van der Waals surface area (Å²) in [5.74, 6) is -0.0352. The summed E-state index contributed by atoms with van der Waals surface area (Å²) < 4.78 is 6.37. The Balaban J connectivity index is 1.68. The molecular formula is C22H24ClN3O2S2. The summed E-state index contributed by atoms with van der Waals surface area (Å²) in [6, 6.07) is 11.6. The van der Waals surface area contributed by atoms with Gasteiger partial charge in [0.1, 0.15) is 0 Å². The first kappa shape index (κ1) is 21.6. The second-order valence-electron chi connectivity index (χ2n) is 7.18. The number of amides is 1. The summed E-state index contributed by atoms with van der Waals surface area (Å²) in [6.07, 6.45) is 2.01. The number of rotatable bonds is 6. The molecule has 1 fully saturated rings. The van der Waals surface area contributed by atoms with Crippen LogP contribution in [0.3, 0.4) is 0 Å². The number of fused-ring (bicyclic) bond motifs is 1. The van der Waals surface area contributed by atoms with Gasteiger partial charge in [0, 0.05) is 36.6 Å². The lowest BCUT2D eigenvalue weighted by Crippen LogP contribution is -2.43. The number of nitrogens with zero attached hydrogens (tertiary/aromatic N) is 3. The van der Waals surface area contributed by atoms with Gasteiger partial charge in [0.05, 0.1) is 28.5 Å². The van der Waals surface area contributed by atoms with Gasteiger partial charge in [0.25, 0.3) is 5.91 Å². The zero-order valence-electron chi connectivity index (χ0n) is 17.1. The number of aromatic nitrogens is 1. The van der Waals surface area contributed by atoms with Crippen molar-refractivity contribution in [2.75, 3.05) is 50.5 Å². The number of thioether (sulfide) groups is 1. The highest BCUT2D eigenvalue weighted by molar-refractivity contribution is 7.98. The molecule has 0 N–H and O–H groups in total. The maximum atomic E-state index is 13.5. The molecule has 0 aliphatic carbocycles. The van der Waals surface area contributed by atoms with E-state index in [1.54, 1.807) is 16.7 Å². The number of hydrogen-bond acceptors (Lipinski definition) is 6. The zero-order chi connectivity index (χ0) is 21.1. The van der Waals surface area contributed by atoms with Gasteiger partial charge in [0.15, 0.2) is 5.13 Å². The van der Waals surface area contributed by atoms with Gasteiger partial charge in [-0.2, -0.15) is 0 Å². The van der Waals surface area contributed by atoms with Crippen molar-refractivity contribution in [1.82, 2.24) is 9.88 Å². The molecule has 0 bridgehead atoms. The molecule has 0 unspecified atom stereocenters. The topological polar surface area (TPSA) is 45.7 Å². The van der Waals surface area contributed by atoms with Gasteiger partial charge < -0.3 is 4.74 Å². The molecule has 2 heterocycles. The van der Waals surface area contributed by atoms with Gasteiger partial charge in [-0.05, 0) is 43.0 Å². The Hall–Kier alpha value is -1.64. The fourth-order valence-electron chi connectivity index (χ4n) is 3.47. The monoisotopic (exact) mass is 461 g/mol. The summed E-state index contributed by atoms with van der Waals surface area (Å²) in [7, 11) is 0. The van der Waals surface area contributed by atoms with Gasteiger partial charge >= 0.3 is 0 Å². The van der Waals surface area contributed by atoms with Crippen molar-refractivity contribution in [3.8, 4) is 0 Å². The maximum absolute atomic E-state index is 13.5. The van der Waals surface area contributed by atoms with E-state index in [9.17, 15) is 4.79 Å². The lowest BCUT2D eigenvalue weighted by atomic mass is 10.2. The Morgan fingerprint density at radius 1 is 1.30 bits per heavy atom. The highest BCUT2D eigenvalue weighted by atomic mass is 35.5. The second-order valence-corrected chi connectivity index (χ2v) is 9.45. The molecule has 0 spiro atoms. The number of hydrogen-bond donors (Lipinski definition) is 0. The molecule has 2 aromatic carbocycles. The minimum atomic E-state index is -0.0352. The lowest BCUT2D eigenvalue weighted by molar-refractivity contribution is 0.0391. The third-order valence-electron chi connectivity index (χ3n) is 5.22. The Morgan fingerprint density at radius 2 is 2.10 bits per heavy atom. The van der Waals surface area contributed by atoms with Gasteiger partial charge in [-0.1, -0.05) is 35.1 Å². The summed E-state index contributed by atoms with van der Waals surface area (Å²) in [4.78, 5) is 23.6. The van der Waals surface area contributed by atoms with Gasteiger partial charge in [-0.15, -0.1) is 11.8 Å². The predicted molar refractivity (Wildman–Crippen MR) is 127 cm³/mol. The average Bonchev–Trinajstić information content (AvgIpc) is 3.24. The van der Waals surface area contributed by atoms with Crippen molar-refractivity contribution < 1.29 is 9.53 Å². The molecule has 1 saturated heterocycles. The number of ether oxygens (including phenoxy) is 1. The number of carbonyl (C=O) groups is 1. The minimum absolute atomic E-state index is 0.0352. The number of anilines is 1. The van der Waals surface area contributed by atoms with E-state index in [4.69, 9.17) is 21.3 Å². The largest absolute Gasteiger partial charge is 0.379 e. The second kappa shape index (κ2) is 9.66. The molecule has 30 heavy (non-hydrogen) atoms. The van der Waals surface area contributed by atoms with Gasteiger partial charge in [-0.25, -0.2) is 4.98 Å². The first-order valence-electron chi connectivity index (χ1n) is 9.88. The average molecular weight is 462 g/mol. The third-order valence-corrected chi connectivity index (χ3v) is 7.49. The fraction of sp³-hybridized carbons (Fsp3) is 0.364. The van der Waals surface area contributed by atoms with Crippen LogP contribution in [-0.2, 0) is 4.74 Å². The normalized spacial score (nSPS) is 14.9. The molecule has 3 aromatic rings. The Bertz CT molecular complexity index is 1010. The smallest absolute Gasteiger partial charge is 0.260 e. The molecular weight excluding hydrogens is 438 g/mol. The quantitative estimate of drug-likeness (QED) is 0.485. The van der Waals surface area contributed by atoms with Crippen LogP contribution in [0.4, 0.5) is 5.13 Å². The standard InChI is InChI=1S/C22H24ClN3O2S2/c1-15-6-7-18(23)20-19(15)24-22(30-20)26(9-8-25-10-12-28-13-11-25)21(27)16-4-3-5-17(14-16)29-2/h3-7,14H,8-13H2,1-2H3. The van der Waals surface area contributed by atoms with E-state index in [-0.39, 0.29) is 5.91 Å². The van der Waals surface area contributed by atoms with E-state index in [0.29, 0.717) is 22.3 Å². The highest BCUT2D eigenvalue weighted by Gasteiger charge is 2.24. The van der Waals surface area contributed by atoms with Crippen LogP contribution in [0.15, 0.2) is 41.3 Å². The summed E-state index contributed by atoms with van der Waals surface area (Å²) in [5, 5.41) is 1.36. The molecule has 0 atom stereocenters. The number of thiazole rings is 1. The third kappa shape index (κ3) is 4.65. The van der Waals surface area contributed by atoms with E-state index < -0.39 is 0 Å². The zero-order valence-corrected chi connectivity index (χ0v) is 19.4. The Labute approximate surface area is 190 Å². The molecule has 5 nitrogen and oxygen atoms in total. The van der Waals surface area contributed by atoms with Crippen LogP contribution in [0.5, 0.6) is 0 Å². The lowest BCUT2D eigenvalue weighted by Gasteiger charge is -2.29. The van der Waals surface area contributed by atoms with Crippen LogP contribution in [0, 0.1) is 6.92 Å². The van der Waals surface area contributed by atoms with Crippen molar-refractivity contribution in [3.05, 3.63) is 52.5 Å². The first-order valence-corrected chi connectivity index (χ1v) is 12.3. The van der Waals surface area contributed by atoms with E-state index in [0.717, 1.165) is 53.5 Å². The van der Waals surface area contributed by atoms with E-state index in [2.05, 4.69) is 4.90 Å². The van der Waals surface area contributed by atoms with Crippen LogP contribution in [0.1, 0.15) is 15.9 Å². The van der Waals surface area contributed by atoms with Crippen LogP contribution in [0.25, 0.3) is 10.2 Å². The number of morpholine rings is 1. The predicted octanol–water partition coefficient (Wildman–Crippen LogP) is 4.96. The van der Waals surface area contributed by atoms with Gasteiger partial charge in [0.2, 0.25) is 0 Å². The highest BCUT2D eigenvalue weighted by Crippen LogP contribution is 2.36. The van der Waals surface area contributed by atoms with E-state index in [1.165, 1.54) is 11.3 Å². The minimum Gasteiger partial charge on any atom is -0.379 e. The summed E-state index contributed by atoms with van der Waals surface area (Å²) in [5.41, 5.74) is 2.59. The Morgan fingerprint density at radius 3 is 2.83 bits per heavy atom. The maximum Gasteiger partial charge on any atom is 0.260 e. The Kier molecular flexibility index (Phi) is 6.95. The fourth-order valence-corrected chi connectivity index (χ4v) is 5.27. The van der Waals surface area contributed by atoms with E-state index >= 15 is 0 Å². The van der Waals surface area contributed by atoms with Crippen molar-refractivity contribution in [2.45, 2.75) is 11.8 Å². The summed E-state index contributed by atoms with van der Waals surface area (Å²) in [6.45, 7) is 6.60. The molecule has 1 aromatic heterocycles. The van der Waals surface area contributed by atoms with E-state index in [1.807, 2.05) is 49.6 Å². The van der Waals surface area contributed by atoms with Crippen molar-refractivity contribution in [1.29, 1.82) is 0 Å². The number of halogens is 1. The number of aryl methyl sites for hydroxylation is 1. The molecule has 8 heteroatoms. The van der Waals surface area contributed by atoms with Crippen molar-refractivity contribution >= 4 is 56.0 Å². The number of benzene rings is 2. The molecule has 158 valence electrons. The van der Waals surface area contributed by atoms with Crippen LogP contribution >= 0.6 is 34.7 Å². The van der Waals surface area contributed by atoms with Gasteiger partial charge in [-0.3, -0.25) is 14.6 Å². The molecule has 1 aliphatic rings. The summed E-state index contributed by atoms with van der Waals surface area (Å²) >= 11 is 9.53. The molecule has 4 rings (SSSR count). The SMILES string of the molecule is CSc1cccc(C(=O)N(CCN2CCOCC2)c2nc3c(C)ccc(Cl)c3s2)c1.